The van der Waals surface area contributed by atoms with Crippen molar-refractivity contribution in [2.24, 2.45) is 7.05 Å². The van der Waals surface area contributed by atoms with Gasteiger partial charge in [0.1, 0.15) is 11.5 Å². The lowest BCUT2D eigenvalue weighted by atomic mass is 10.3. The van der Waals surface area contributed by atoms with Gasteiger partial charge in [0.05, 0.1) is 24.6 Å². The molecule has 3 heterocycles. The molecule has 0 saturated carbocycles. The van der Waals surface area contributed by atoms with Crippen molar-refractivity contribution in [1.82, 2.24) is 9.47 Å². The lowest BCUT2D eigenvalue weighted by Crippen LogP contribution is -2.27. The van der Waals surface area contributed by atoms with Gasteiger partial charge in [-0.15, -0.1) is 0 Å². The van der Waals surface area contributed by atoms with Crippen molar-refractivity contribution >= 4 is 17.0 Å². The Morgan fingerprint density at radius 2 is 2.16 bits per heavy atom. The van der Waals surface area contributed by atoms with Crippen LogP contribution >= 0.6 is 0 Å². The summed E-state index contributed by atoms with van der Waals surface area (Å²) in [7, 11) is 3.60. The van der Waals surface area contributed by atoms with Crippen LogP contribution in [0.25, 0.3) is 11.1 Å². The molecular formula is C14H14N2O3. The molecule has 0 radical (unpaired) electrons. The smallest absolute Gasteiger partial charge is 0.270 e. The van der Waals surface area contributed by atoms with Gasteiger partial charge in [0, 0.05) is 26.2 Å². The molecule has 3 aromatic heterocycles. The molecule has 98 valence electrons. The molecule has 5 heteroatoms. The van der Waals surface area contributed by atoms with Gasteiger partial charge in [0.25, 0.3) is 5.91 Å². The van der Waals surface area contributed by atoms with Crippen LogP contribution in [0.2, 0.25) is 0 Å². The van der Waals surface area contributed by atoms with Gasteiger partial charge in [0.15, 0.2) is 5.58 Å². The molecule has 0 unspecified atom stereocenters. The first-order valence-corrected chi connectivity index (χ1v) is 5.97. The Kier molecular flexibility index (Phi) is 2.67. The van der Waals surface area contributed by atoms with Crippen LogP contribution in [0.5, 0.6) is 0 Å². The third kappa shape index (κ3) is 1.93. The zero-order chi connectivity index (χ0) is 13.4. The maximum absolute atomic E-state index is 12.4. The number of carbonyl (C=O) groups excluding carboxylic acids is 1. The molecule has 0 spiro atoms. The van der Waals surface area contributed by atoms with E-state index < -0.39 is 0 Å². The Morgan fingerprint density at radius 3 is 2.84 bits per heavy atom. The van der Waals surface area contributed by atoms with E-state index in [1.807, 2.05) is 29.8 Å². The van der Waals surface area contributed by atoms with Crippen LogP contribution in [0.4, 0.5) is 0 Å². The zero-order valence-corrected chi connectivity index (χ0v) is 10.8. The Labute approximate surface area is 110 Å². The highest BCUT2D eigenvalue weighted by atomic mass is 16.3. The summed E-state index contributed by atoms with van der Waals surface area (Å²) in [6.45, 7) is 0.443. The van der Waals surface area contributed by atoms with E-state index in [-0.39, 0.29) is 5.91 Å². The fourth-order valence-electron chi connectivity index (χ4n) is 2.16. The van der Waals surface area contributed by atoms with E-state index in [0.29, 0.717) is 12.2 Å². The minimum Gasteiger partial charge on any atom is -0.467 e. The molecule has 0 aliphatic heterocycles. The second-order valence-corrected chi connectivity index (χ2v) is 4.50. The maximum atomic E-state index is 12.4. The third-order valence-corrected chi connectivity index (χ3v) is 3.20. The number of hydrogen-bond acceptors (Lipinski definition) is 3. The molecular weight excluding hydrogens is 244 g/mol. The minimum atomic E-state index is -0.0645. The SMILES string of the molecule is CN(Cc1ccco1)C(=O)c1cc2occc2n1C. The normalized spacial score (nSPS) is 11.1. The lowest BCUT2D eigenvalue weighted by Gasteiger charge is -2.16. The number of furan rings is 2. The van der Waals surface area contributed by atoms with Gasteiger partial charge in [0.2, 0.25) is 0 Å². The van der Waals surface area contributed by atoms with Crippen LogP contribution < -0.4 is 0 Å². The van der Waals surface area contributed by atoms with Crippen LogP contribution in [0.15, 0.2) is 45.6 Å². The molecule has 0 atom stereocenters. The van der Waals surface area contributed by atoms with E-state index in [9.17, 15) is 4.79 Å². The Morgan fingerprint density at radius 1 is 1.32 bits per heavy atom. The van der Waals surface area contributed by atoms with Crippen LogP contribution in [0.3, 0.4) is 0 Å². The molecule has 3 rings (SSSR count). The summed E-state index contributed by atoms with van der Waals surface area (Å²) in [5, 5.41) is 0. The Bertz CT molecular complexity index is 706. The van der Waals surface area contributed by atoms with Crippen molar-refractivity contribution in [3.8, 4) is 0 Å². The van der Waals surface area contributed by atoms with E-state index in [1.54, 1.807) is 30.5 Å². The summed E-state index contributed by atoms with van der Waals surface area (Å²) < 4.78 is 12.4. The second-order valence-electron chi connectivity index (χ2n) is 4.50. The summed E-state index contributed by atoms with van der Waals surface area (Å²) in [4.78, 5) is 14.0. The van der Waals surface area contributed by atoms with Crippen molar-refractivity contribution in [3.05, 3.63) is 48.2 Å². The van der Waals surface area contributed by atoms with Crippen LogP contribution in [0.1, 0.15) is 16.2 Å². The van der Waals surface area contributed by atoms with Crippen LogP contribution in [-0.2, 0) is 13.6 Å². The monoisotopic (exact) mass is 258 g/mol. The third-order valence-electron chi connectivity index (χ3n) is 3.20. The average molecular weight is 258 g/mol. The summed E-state index contributed by atoms with van der Waals surface area (Å²) in [5.74, 6) is 0.694. The largest absolute Gasteiger partial charge is 0.467 e. The highest BCUT2D eigenvalue weighted by Gasteiger charge is 2.19. The molecule has 0 aromatic carbocycles. The molecule has 0 fully saturated rings. The van der Waals surface area contributed by atoms with Crippen molar-refractivity contribution in [2.45, 2.75) is 6.54 Å². The fraction of sp³-hybridized carbons (Fsp3) is 0.214. The number of nitrogens with zero attached hydrogens (tertiary/aromatic N) is 2. The molecule has 0 aliphatic rings. The summed E-state index contributed by atoms with van der Waals surface area (Å²) in [6.07, 6.45) is 3.22. The Hall–Kier alpha value is -2.43. The molecule has 5 nitrogen and oxygen atoms in total. The molecule has 1 amide bonds. The highest BCUT2D eigenvalue weighted by Crippen LogP contribution is 2.21. The quantitative estimate of drug-likeness (QED) is 0.725. The van der Waals surface area contributed by atoms with Gasteiger partial charge in [-0.2, -0.15) is 0 Å². The molecule has 19 heavy (non-hydrogen) atoms. The van der Waals surface area contributed by atoms with E-state index in [1.165, 1.54) is 0 Å². The number of hydrogen-bond donors (Lipinski definition) is 0. The van der Waals surface area contributed by atoms with Crippen LogP contribution in [0, 0.1) is 0 Å². The molecule has 0 bridgehead atoms. The van der Waals surface area contributed by atoms with Crippen molar-refractivity contribution in [1.29, 1.82) is 0 Å². The van der Waals surface area contributed by atoms with E-state index in [4.69, 9.17) is 8.83 Å². The number of aromatic nitrogens is 1. The predicted octanol–water partition coefficient (Wildman–Crippen LogP) is 2.64. The van der Waals surface area contributed by atoms with Gasteiger partial charge in [-0.3, -0.25) is 4.79 Å². The van der Waals surface area contributed by atoms with Crippen molar-refractivity contribution < 1.29 is 13.6 Å². The molecule has 0 saturated heterocycles. The lowest BCUT2D eigenvalue weighted by molar-refractivity contribution is 0.0766. The second kappa shape index (κ2) is 4.35. The fourth-order valence-corrected chi connectivity index (χ4v) is 2.16. The summed E-state index contributed by atoms with van der Waals surface area (Å²) >= 11 is 0. The van der Waals surface area contributed by atoms with Crippen molar-refractivity contribution in [3.63, 3.8) is 0 Å². The topological polar surface area (TPSA) is 51.5 Å². The first-order chi connectivity index (χ1) is 9.16. The number of fused-ring (bicyclic) bond motifs is 1. The average Bonchev–Trinajstić information content (AvgIpc) is 3.08. The maximum Gasteiger partial charge on any atom is 0.270 e. The highest BCUT2D eigenvalue weighted by molar-refractivity contribution is 5.97. The predicted molar refractivity (Wildman–Crippen MR) is 69.7 cm³/mol. The number of carbonyl (C=O) groups is 1. The van der Waals surface area contributed by atoms with Gasteiger partial charge >= 0.3 is 0 Å². The number of aryl methyl sites for hydroxylation is 1. The van der Waals surface area contributed by atoms with Gasteiger partial charge in [-0.25, -0.2) is 0 Å². The van der Waals surface area contributed by atoms with Gasteiger partial charge < -0.3 is 18.3 Å². The summed E-state index contributed by atoms with van der Waals surface area (Å²) in [5.41, 5.74) is 2.23. The molecule has 3 aromatic rings. The molecule has 0 aliphatic carbocycles. The van der Waals surface area contributed by atoms with Gasteiger partial charge in [-0.05, 0) is 12.1 Å². The van der Waals surface area contributed by atoms with E-state index in [2.05, 4.69) is 0 Å². The van der Waals surface area contributed by atoms with Gasteiger partial charge in [-0.1, -0.05) is 0 Å². The Balaban J connectivity index is 1.86. The first kappa shape index (κ1) is 11.6. The number of rotatable bonds is 3. The van der Waals surface area contributed by atoms with Crippen molar-refractivity contribution in [2.75, 3.05) is 7.05 Å². The summed E-state index contributed by atoms with van der Waals surface area (Å²) in [6, 6.07) is 7.26. The molecule has 0 N–H and O–H groups in total. The van der Waals surface area contributed by atoms with E-state index >= 15 is 0 Å². The zero-order valence-electron chi connectivity index (χ0n) is 10.8. The first-order valence-electron chi connectivity index (χ1n) is 5.97. The van der Waals surface area contributed by atoms with Crippen LogP contribution in [-0.4, -0.2) is 22.4 Å². The standard InChI is InChI=1S/C14H14N2O3/c1-15(9-10-4-3-6-18-10)14(17)12-8-13-11(16(12)2)5-7-19-13/h3-8H,9H2,1-2H3. The number of amides is 1. The van der Waals surface area contributed by atoms with E-state index in [0.717, 1.165) is 16.9 Å². The minimum absolute atomic E-state index is 0.0645.